The fourth-order valence-electron chi connectivity index (χ4n) is 3.51. The summed E-state index contributed by atoms with van der Waals surface area (Å²) in [5.41, 5.74) is -0.552. The number of rotatable bonds is 2. The number of esters is 2. The number of hydrogen-bond donors (Lipinski definition) is 0. The molecule has 0 spiro atoms. The summed E-state index contributed by atoms with van der Waals surface area (Å²) in [7, 11) is 0. The first-order valence-corrected chi connectivity index (χ1v) is 7.43. The van der Waals surface area contributed by atoms with Crippen LogP contribution in [0.2, 0.25) is 0 Å². The van der Waals surface area contributed by atoms with E-state index >= 15 is 0 Å². The molecule has 0 aromatic carbocycles. The SMILES string of the molecule is CC(C)(C)C(=O)OC[C@H]1OC(=O)[C@@H]2[C@H]3COCOC[C@H]3[C@@H]21. The van der Waals surface area contributed by atoms with Gasteiger partial charge in [0.2, 0.25) is 0 Å². The molecule has 3 rings (SSSR count). The predicted molar refractivity (Wildman–Crippen MR) is 71.0 cm³/mol. The molecule has 0 amide bonds. The summed E-state index contributed by atoms with van der Waals surface area (Å²) in [6, 6.07) is 0. The lowest BCUT2D eigenvalue weighted by Crippen LogP contribution is -2.53. The minimum Gasteiger partial charge on any atom is -0.461 e. The van der Waals surface area contributed by atoms with E-state index in [9.17, 15) is 9.59 Å². The van der Waals surface area contributed by atoms with Crippen molar-refractivity contribution < 1.29 is 28.5 Å². The molecule has 0 N–H and O–H groups in total. The first-order chi connectivity index (χ1) is 9.89. The van der Waals surface area contributed by atoms with E-state index in [0.717, 1.165) is 0 Å². The molecule has 6 heteroatoms. The van der Waals surface area contributed by atoms with Gasteiger partial charge in [0.15, 0.2) is 0 Å². The Kier molecular flexibility index (Phi) is 3.69. The number of ether oxygens (including phenoxy) is 4. The van der Waals surface area contributed by atoms with Gasteiger partial charge in [-0.3, -0.25) is 9.59 Å². The van der Waals surface area contributed by atoms with Gasteiger partial charge in [-0.2, -0.15) is 0 Å². The van der Waals surface area contributed by atoms with E-state index in [1.807, 2.05) is 0 Å². The van der Waals surface area contributed by atoms with Crippen LogP contribution < -0.4 is 0 Å². The molecule has 3 fully saturated rings. The highest BCUT2D eigenvalue weighted by Gasteiger charge is 2.63. The second kappa shape index (κ2) is 5.25. The van der Waals surface area contributed by atoms with Crippen LogP contribution in [0, 0.1) is 29.1 Å². The van der Waals surface area contributed by atoms with Gasteiger partial charge in [-0.25, -0.2) is 0 Å². The van der Waals surface area contributed by atoms with Gasteiger partial charge in [-0.05, 0) is 26.7 Å². The van der Waals surface area contributed by atoms with Crippen LogP contribution in [0.3, 0.4) is 0 Å². The van der Waals surface area contributed by atoms with Crippen LogP contribution in [0.25, 0.3) is 0 Å². The lowest BCUT2D eigenvalue weighted by Gasteiger charge is -2.45. The van der Waals surface area contributed by atoms with Crippen molar-refractivity contribution >= 4 is 11.9 Å². The molecule has 0 unspecified atom stereocenters. The molecule has 0 aromatic rings. The fraction of sp³-hybridized carbons (Fsp3) is 0.867. The highest BCUT2D eigenvalue weighted by molar-refractivity contribution is 5.78. The number of cyclic esters (lactones) is 1. The molecule has 2 heterocycles. The maximum Gasteiger partial charge on any atom is 0.311 e. The van der Waals surface area contributed by atoms with E-state index in [4.69, 9.17) is 18.9 Å². The van der Waals surface area contributed by atoms with Gasteiger partial charge in [0.1, 0.15) is 19.5 Å². The quantitative estimate of drug-likeness (QED) is 0.708. The van der Waals surface area contributed by atoms with E-state index in [-0.39, 0.29) is 55.1 Å². The van der Waals surface area contributed by atoms with Gasteiger partial charge in [0.25, 0.3) is 0 Å². The van der Waals surface area contributed by atoms with Crippen molar-refractivity contribution in [2.24, 2.45) is 29.1 Å². The van der Waals surface area contributed by atoms with Gasteiger partial charge in [-0.1, -0.05) is 0 Å². The Balaban J connectivity index is 1.63. The van der Waals surface area contributed by atoms with Gasteiger partial charge < -0.3 is 18.9 Å². The zero-order valence-electron chi connectivity index (χ0n) is 12.7. The Hall–Kier alpha value is -1.14. The summed E-state index contributed by atoms with van der Waals surface area (Å²) in [5.74, 6) is -0.0931. The fourth-order valence-corrected chi connectivity index (χ4v) is 3.51. The summed E-state index contributed by atoms with van der Waals surface area (Å²) in [4.78, 5) is 23.8. The second-order valence-electron chi connectivity index (χ2n) is 7.11. The third-order valence-corrected chi connectivity index (χ3v) is 4.67. The zero-order chi connectivity index (χ0) is 15.2. The number of fused-ring (bicyclic) bond motifs is 4. The van der Waals surface area contributed by atoms with Crippen molar-refractivity contribution in [1.29, 1.82) is 0 Å². The van der Waals surface area contributed by atoms with Crippen LogP contribution in [0.15, 0.2) is 0 Å². The van der Waals surface area contributed by atoms with Crippen LogP contribution >= 0.6 is 0 Å². The Morgan fingerprint density at radius 1 is 1.24 bits per heavy atom. The van der Waals surface area contributed by atoms with Crippen molar-refractivity contribution in [2.45, 2.75) is 26.9 Å². The lowest BCUT2D eigenvalue weighted by atomic mass is 9.56. The van der Waals surface area contributed by atoms with Crippen molar-refractivity contribution in [3.63, 3.8) is 0 Å². The Labute approximate surface area is 124 Å². The maximum absolute atomic E-state index is 12.0. The molecular weight excluding hydrogens is 276 g/mol. The van der Waals surface area contributed by atoms with Crippen molar-refractivity contribution in [3.05, 3.63) is 0 Å². The van der Waals surface area contributed by atoms with Crippen LogP contribution in [-0.4, -0.2) is 44.7 Å². The number of hydrogen-bond acceptors (Lipinski definition) is 6. The van der Waals surface area contributed by atoms with E-state index in [0.29, 0.717) is 13.2 Å². The first kappa shape index (κ1) is 14.8. The lowest BCUT2D eigenvalue weighted by molar-refractivity contribution is -0.160. The number of carbonyl (C=O) groups excluding carboxylic acids is 2. The third-order valence-electron chi connectivity index (χ3n) is 4.67. The highest BCUT2D eigenvalue weighted by atomic mass is 16.7. The summed E-state index contributed by atoms with van der Waals surface area (Å²) in [6.45, 7) is 6.93. The summed E-state index contributed by atoms with van der Waals surface area (Å²) < 4.78 is 21.5. The van der Waals surface area contributed by atoms with Crippen molar-refractivity contribution in [2.75, 3.05) is 26.6 Å². The Morgan fingerprint density at radius 3 is 2.57 bits per heavy atom. The predicted octanol–water partition coefficient (Wildman–Crippen LogP) is 0.984. The minimum absolute atomic E-state index is 0.0805. The smallest absolute Gasteiger partial charge is 0.311 e. The normalized spacial score (nSPS) is 38.6. The Morgan fingerprint density at radius 2 is 1.90 bits per heavy atom. The van der Waals surface area contributed by atoms with Crippen LogP contribution in [0.1, 0.15) is 20.8 Å². The average Bonchev–Trinajstić information content (AvgIpc) is 2.53. The molecule has 1 saturated carbocycles. The molecule has 21 heavy (non-hydrogen) atoms. The molecule has 0 aromatic heterocycles. The van der Waals surface area contributed by atoms with E-state index in [1.54, 1.807) is 20.8 Å². The summed E-state index contributed by atoms with van der Waals surface area (Å²) in [5, 5.41) is 0. The van der Waals surface area contributed by atoms with E-state index in [2.05, 4.69) is 0 Å². The second-order valence-corrected chi connectivity index (χ2v) is 7.11. The summed E-state index contributed by atoms with van der Waals surface area (Å²) >= 11 is 0. The molecule has 6 nitrogen and oxygen atoms in total. The zero-order valence-corrected chi connectivity index (χ0v) is 12.7. The van der Waals surface area contributed by atoms with Crippen LogP contribution in [0.4, 0.5) is 0 Å². The molecule has 1 aliphatic carbocycles. The van der Waals surface area contributed by atoms with E-state index < -0.39 is 5.41 Å². The van der Waals surface area contributed by atoms with Gasteiger partial charge in [0, 0.05) is 11.8 Å². The van der Waals surface area contributed by atoms with Crippen molar-refractivity contribution in [3.8, 4) is 0 Å². The molecule has 5 atom stereocenters. The standard InChI is InChI=1S/C15H22O6/c1-15(2,3)14(17)20-6-10-11-8-4-18-7-19-5-9(8)12(11)13(16)21-10/h8-12H,4-7H2,1-3H3/t8-,9+,10-,11-,12-/m1/s1. The monoisotopic (exact) mass is 298 g/mol. The molecule has 0 bridgehead atoms. The van der Waals surface area contributed by atoms with Crippen LogP contribution in [0.5, 0.6) is 0 Å². The van der Waals surface area contributed by atoms with Crippen LogP contribution in [-0.2, 0) is 28.5 Å². The molecular formula is C15H22O6. The number of carbonyl (C=O) groups is 2. The largest absolute Gasteiger partial charge is 0.461 e. The third kappa shape index (κ3) is 2.55. The molecule has 0 radical (unpaired) electrons. The topological polar surface area (TPSA) is 71.1 Å². The molecule has 2 saturated heterocycles. The highest BCUT2D eigenvalue weighted by Crippen LogP contribution is 2.54. The van der Waals surface area contributed by atoms with E-state index in [1.165, 1.54) is 0 Å². The van der Waals surface area contributed by atoms with Gasteiger partial charge in [-0.15, -0.1) is 0 Å². The average molecular weight is 298 g/mol. The van der Waals surface area contributed by atoms with Gasteiger partial charge >= 0.3 is 11.9 Å². The minimum atomic E-state index is -0.552. The first-order valence-electron chi connectivity index (χ1n) is 7.43. The molecule has 3 aliphatic rings. The molecule has 118 valence electrons. The Bertz CT molecular complexity index is 440. The summed E-state index contributed by atoms with van der Waals surface area (Å²) in [6.07, 6.45) is -0.350. The van der Waals surface area contributed by atoms with Crippen molar-refractivity contribution in [1.82, 2.24) is 0 Å². The maximum atomic E-state index is 12.0. The van der Waals surface area contributed by atoms with Gasteiger partial charge in [0.05, 0.1) is 24.5 Å². The molecule has 2 aliphatic heterocycles.